The van der Waals surface area contributed by atoms with Gasteiger partial charge in [-0.3, -0.25) is 0 Å². The fourth-order valence-electron chi connectivity index (χ4n) is 3.76. The Balaban J connectivity index is 2.14. The Morgan fingerprint density at radius 3 is 2.15 bits per heavy atom. The zero-order valence-electron chi connectivity index (χ0n) is 14.3. The molecule has 0 heterocycles. The lowest BCUT2D eigenvalue weighted by Gasteiger charge is -2.23. The monoisotopic (exact) mass is 281 g/mol. The van der Waals surface area contributed by atoms with Gasteiger partial charge in [0.05, 0.1) is 0 Å². The second-order valence-electron chi connectivity index (χ2n) is 6.90. The molecule has 120 valence electrons. The molecule has 0 aliphatic heterocycles. The topological polar surface area (TPSA) is 12.0 Å². The van der Waals surface area contributed by atoms with Crippen molar-refractivity contribution < 1.29 is 0 Å². The van der Waals surface area contributed by atoms with Crippen molar-refractivity contribution in [2.24, 2.45) is 5.92 Å². The van der Waals surface area contributed by atoms with Gasteiger partial charge in [-0.1, -0.05) is 90.9 Å². The number of unbranched alkanes of at least 4 members (excludes halogenated alkanes) is 5. The van der Waals surface area contributed by atoms with Crippen molar-refractivity contribution in [1.29, 1.82) is 0 Å². The molecular weight excluding hydrogens is 242 g/mol. The van der Waals surface area contributed by atoms with Crippen LogP contribution >= 0.6 is 0 Å². The van der Waals surface area contributed by atoms with E-state index in [1.165, 1.54) is 89.9 Å². The van der Waals surface area contributed by atoms with Gasteiger partial charge in [0.25, 0.3) is 0 Å². The predicted molar refractivity (Wildman–Crippen MR) is 91.3 cm³/mol. The predicted octanol–water partition coefficient (Wildman–Crippen LogP) is 6.08. The highest BCUT2D eigenvalue weighted by Gasteiger charge is 2.17. The molecular formula is C19H39N. The first-order chi connectivity index (χ1) is 9.86. The van der Waals surface area contributed by atoms with Crippen LogP contribution in [0.5, 0.6) is 0 Å². The lowest BCUT2D eigenvalue weighted by molar-refractivity contribution is 0.335. The molecule has 1 fully saturated rings. The van der Waals surface area contributed by atoms with Crippen LogP contribution in [0.25, 0.3) is 0 Å². The summed E-state index contributed by atoms with van der Waals surface area (Å²) in [4.78, 5) is 0. The summed E-state index contributed by atoms with van der Waals surface area (Å²) in [5.41, 5.74) is 0. The molecule has 1 heteroatoms. The molecule has 0 aromatic heterocycles. The summed E-state index contributed by atoms with van der Waals surface area (Å²) in [5.74, 6) is 1.02. The molecule has 1 unspecified atom stereocenters. The van der Waals surface area contributed by atoms with Gasteiger partial charge >= 0.3 is 0 Å². The van der Waals surface area contributed by atoms with Crippen molar-refractivity contribution in [3.8, 4) is 0 Å². The Labute approximate surface area is 128 Å². The molecule has 1 N–H and O–H groups in total. The minimum absolute atomic E-state index is 0.800. The molecule has 20 heavy (non-hydrogen) atoms. The van der Waals surface area contributed by atoms with Crippen LogP contribution in [0.1, 0.15) is 104 Å². The molecule has 0 aromatic carbocycles. The summed E-state index contributed by atoms with van der Waals surface area (Å²) in [6.07, 6.45) is 20.4. The Kier molecular flexibility index (Phi) is 11.4. The average molecular weight is 282 g/mol. The summed E-state index contributed by atoms with van der Waals surface area (Å²) in [6, 6.07) is 0.800. The second kappa shape index (κ2) is 12.7. The number of hydrogen-bond donors (Lipinski definition) is 1. The molecule has 1 aliphatic rings. The van der Waals surface area contributed by atoms with E-state index >= 15 is 0 Å². The van der Waals surface area contributed by atoms with E-state index in [2.05, 4.69) is 19.2 Å². The highest BCUT2D eigenvalue weighted by molar-refractivity contribution is 4.74. The van der Waals surface area contributed by atoms with Gasteiger partial charge in [-0.25, -0.2) is 0 Å². The first-order valence-corrected chi connectivity index (χ1v) is 9.60. The fraction of sp³-hybridized carbons (Fsp3) is 1.00. The summed E-state index contributed by atoms with van der Waals surface area (Å²) in [7, 11) is 0. The van der Waals surface area contributed by atoms with Crippen molar-refractivity contribution in [2.45, 2.75) is 110 Å². The van der Waals surface area contributed by atoms with Gasteiger partial charge < -0.3 is 5.32 Å². The zero-order valence-corrected chi connectivity index (χ0v) is 14.3. The van der Waals surface area contributed by atoms with E-state index in [-0.39, 0.29) is 0 Å². The van der Waals surface area contributed by atoms with Gasteiger partial charge in [-0.2, -0.15) is 0 Å². The van der Waals surface area contributed by atoms with E-state index in [0.29, 0.717) is 0 Å². The molecule has 1 nitrogen and oxygen atoms in total. The molecule has 0 saturated heterocycles. The van der Waals surface area contributed by atoms with Crippen molar-refractivity contribution in [1.82, 2.24) is 5.32 Å². The van der Waals surface area contributed by atoms with Gasteiger partial charge in [-0.05, 0) is 25.3 Å². The first-order valence-electron chi connectivity index (χ1n) is 9.60. The van der Waals surface area contributed by atoms with E-state index in [1.54, 1.807) is 0 Å². The summed E-state index contributed by atoms with van der Waals surface area (Å²) >= 11 is 0. The quantitative estimate of drug-likeness (QED) is 0.358. The van der Waals surface area contributed by atoms with Crippen LogP contribution in [-0.4, -0.2) is 12.6 Å². The normalized spacial score (nSPS) is 18.9. The molecule has 1 saturated carbocycles. The Morgan fingerprint density at radius 1 is 0.850 bits per heavy atom. The SMILES string of the molecule is CCCCCCCCC(CC1CCCCCC1)NCC. The van der Waals surface area contributed by atoms with Crippen LogP contribution in [0.3, 0.4) is 0 Å². The van der Waals surface area contributed by atoms with Crippen LogP contribution in [0.2, 0.25) is 0 Å². The first kappa shape index (κ1) is 18.0. The second-order valence-corrected chi connectivity index (χ2v) is 6.90. The van der Waals surface area contributed by atoms with Crippen LogP contribution in [0.4, 0.5) is 0 Å². The van der Waals surface area contributed by atoms with Gasteiger partial charge in [0, 0.05) is 6.04 Å². The highest BCUT2D eigenvalue weighted by atomic mass is 14.9. The van der Waals surface area contributed by atoms with E-state index in [1.807, 2.05) is 0 Å². The smallest absolute Gasteiger partial charge is 0.00695 e. The fourth-order valence-corrected chi connectivity index (χ4v) is 3.76. The van der Waals surface area contributed by atoms with Gasteiger partial charge in [0.1, 0.15) is 0 Å². The zero-order chi connectivity index (χ0) is 14.5. The lowest BCUT2D eigenvalue weighted by Crippen LogP contribution is -2.31. The van der Waals surface area contributed by atoms with Gasteiger partial charge in [-0.15, -0.1) is 0 Å². The Morgan fingerprint density at radius 2 is 1.50 bits per heavy atom. The van der Waals surface area contributed by atoms with Crippen molar-refractivity contribution in [2.75, 3.05) is 6.54 Å². The number of hydrogen-bond acceptors (Lipinski definition) is 1. The number of nitrogens with one attached hydrogen (secondary N) is 1. The van der Waals surface area contributed by atoms with Gasteiger partial charge in [0.15, 0.2) is 0 Å². The molecule has 0 radical (unpaired) electrons. The van der Waals surface area contributed by atoms with Crippen LogP contribution in [0.15, 0.2) is 0 Å². The molecule has 1 rings (SSSR count). The summed E-state index contributed by atoms with van der Waals surface area (Å²) < 4.78 is 0. The van der Waals surface area contributed by atoms with Crippen LogP contribution in [0, 0.1) is 5.92 Å². The molecule has 1 atom stereocenters. The van der Waals surface area contributed by atoms with Crippen LogP contribution < -0.4 is 5.32 Å². The minimum Gasteiger partial charge on any atom is -0.314 e. The standard InChI is InChI=1S/C19H39N/c1-3-5-6-7-8-13-16-19(20-4-2)17-18-14-11-9-10-12-15-18/h18-20H,3-17H2,1-2H3. The van der Waals surface area contributed by atoms with Crippen molar-refractivity contribution in [3.05, 3.63) is 0 Å². The Hall–Kier alpha value is -0.0400. The third-order valence-electron chi connectivity index (χ3n) is 4.99. The molecule has 0 bridgehead atoms. The highest BCUT2D eigenvalue weighted by Crippen LogP contribution is 2.27. The third kappa shape index (κ3) is 9.00. The summed E-state index contributed by atoms with van der Waals surface area (Å²) in [5, 5.41) is 3.75. The molecule has 0 aromatic rings. The molecule has 1 aliphatic carbocycles. The third-order valence-corrected chi connectivity index (χ3v) is 4.99. The maximum absolute atomic E-state index is 3.75. The maximum atomic E-state index is 3.75. The van der Waals surface area contributed by atoms with E-state index in [9.17, 15) is 0 Å². The lowest BCUT2D eigenvalue weighted by atomic mass is 9.90. The van der Waals surface area contributed by atoms with E-state index in [0.717, 1.165) is 18.5 Å². The van der Waals surface area contributed by atoms with E-state index < -0.39 is 0 Å². The average Bonchev–Trinajstić information content (AvgIpc) is 2.71. The minimum atomic E-state index is 0.800. The molecule has 0 spiro atoms. The van der Waals surface area contributed by atoms with Gasteiger partial charge in [0.2, 0.25) is 0 Å². The summed E-state index contributed by atoms with van der Waals surface area (Å²) in [6.45, 7) is 5.71. The van der Waals surface area contributed by atoms with E-state index in [4.69, 9.17) is 0 Å². The molecule has 0 amide bonds. The van der Waals surface area contributed by atoms with Crippen LogP contribution in [-0.2, 0) is 0 Å². The largest absolute Gasteiger partial charge is 0.314 e. The van der Waals surface area contributed by atoms with Crippen molar-refractivity contribution >= 4 is 0 Å². The van der Waals surface area contributed by atoms with Crippen molar-refractivity contribution in [3.63, 3.8) is 0 Å². The number of rotatable bonds is 11. The Bertz CT molecular complexity index is 194. The maximum Gasteiger partial charge on any atom is 0.00695 e.